The van der Waals surface area contributed by atoms with Crippen LogP contribution in [0.4, 0.5) is 0 Å². The molecule has 1 fully saturated rings. The number of nitrogens with zero attached hydrogens (tertiary/aromatic N) is 1. The molecule has 0 unspecified atom stereocenters. The summed E-state index contributed by atoms with van der Waals surface area (Å²) in [6.45, 7) is 2.59. The number of carbonyl (C=O) groups excluding carboxylic acids is 2. The van der Waals surface area contributed by atoms with E-state index in [0.29, 0.717) is 31.0 Å². The number of halogens is 1. The zero-order valence-corrected chi connectivity index (χ0v) is 18.8. The first kappa shape index (κ1) is 23.1. The predicted octanol–water partition coefficient (Wildman–Crippen LogP) is 4.98. The van der Waals surface area contributed by atoms with Crippen molar-refractivity contribution in [3.05, 3.63) is 65.2 Å². The maximum absolute atomic E-state index is 13.1. The summed E-state index contributed by atoms with van der Waals surface area (Å²) < 4.78 is 5.70. The van der Waals surface area contributed by atoms with Crippen molar-refractivity contribution in [1.82, 2.24) is 10.2 Å². The summed E-state index contributed by atoms with van der Waals surface area (Å²) >= 11 is 6.12. The van der Waals surface area contributed by atoms with Crippen molar-refractivity contribution >= 4 is 23.4 Å². The van der Waals surface area contributed by atoms with Gasteiger partial charge in [-0.25, -0.2) is 0 Å². The number of hydrogen-bond acceptors (Lipinski definition) is 3. The van der Waals surface area contributed by atoms with E-state index in [1.54, 1.807) is 17.9 Å². The van der Waals surface area contributed by atoms with Crippen LogP contribution < -0.4 is 10.1 Å². The van der Waals surface area contributed by atoms with E-state index in [4.69, 9.17) is 16.3 Å². The molecule has 1 N–H and O–H groups in total. The summed E-state index contributed by atoms with van der Waals surface area (Å²) in [6, 6.07) is 16.6. The Morgan fingerprint density at radius 2 is 1.87 bits per heavy atom. The Morgan fingerprint density at radius 1 is 1.13 bits per heavy atom. The molecule has 31 heavy (non-hydrogen) atoms. The molecule has 6 heteroatoms. The van der Waals surface area contributed by atoms with Crippen LogP contribution in [0.5, 0.6) is 5.75 Å². The maximum atomic E-state index is 13.1. The SMILES string of the molecule is C[C@H](C(=O)NC1CCCC1)N(Cc1cccc(Cl)c1)C(=O)CCCOc1ccccc1. The Labute approximate surface area is 189 Å². The first-order valence-electron chi connectivity index (χ1n) is 11.0. The van der Waals surface area contributed by atoms with E-state index in [9.17, 15) is 9.59 Å². The van der Waals surface area contributed by atoms with Gasteiger partial charge in [0.2, 0.25) is 11.8 Å². The lowest BCUT2D eigenvalue weighted by molar-refractivity contribution is -0.141. The Kier molecular flexibility index (Phi) is 8.77. The largest absolute Gasteiger partial charge is 0.494 e. The van der Waals surface area contributed by atoms with E-state index >= 15 is 0 Å². The molecular formula is C25H31ClN2O3. The number of amides is 2. The van der Waals surface area contributed by atoms with Crippen molar-refractivity contribution in [2.24, 2.45) is 0 Å². The summed E-state index contributed by atoms with van der Waals surface area (Å²) in [6.07, 6.45) is 5.21. The van der Waals surface area contributed by atoms with E-state index in [1.807, 2.05) is 48.5 Å². The van der Waals surface area contributed by atoms with Gasteiger partial charge in [0.05, 0.1) is 6.61 Å². The maximum Gasteiger partial charge on any atom is 0.242 e. The molecule has 1 saturated carbocycles. The molecule has 1 atom stereocenters. The van der Waals surface area contributed by atoms with Crippen molar-refractivity contribution < 1.29 is 14.3 Å². The van der Waals surface area contributed by atoms with Gasteiger partial charge in [-0.1, -0.05) is 54.8 Å². The van der Waals surface area contributed by atoms with Crippen molar-refractivity contribution in [3.8, 4) is 5.75 Å². The normalized spacial score (nSPS) is 14.8. The molecule has 2 aromatic rings. The third kappa shape index (κ3) is 7.28. The molecule has 0 saturated heterocycles. The third-order valence-corrected chi connectivity index (χ3v) is 5.89. The zero-order chi connectivity index (χ0) is 22.1. The van der Waals surface area contributed by atoms with Crippen LogP contribution in [0.2, 0.25) is 5.02 Å². The average Bonchev–Trinajstić information content (AvgIpc) is 3.28. The van der Waals surface area contributed by atoms with Gasteiger partial charge in [-0.3, -0.25) is 9.59 Å². The standard InChI is InChI=1S/C25H31ClN2O3/c1-19(25(30)27-22-11-5-6-12-22)28(18-20-9-7-10-21(26)17-20)24(29)15-8-16-31-23-13-3-2-4-14-23/h2-4,7,9-10,13-14,17,19,22H,5-6,8,11-12,15-16,18H2,1H3,(H,27,30)/t19-/m1/s1. The molecule has 1 aliphatic carbocycles. The zero-order valence-electron chi connectivity index (χ0n) is 18.1. The minimum absolute atomic E-state index is 0.0642. The molecule has 0 spiro atoms. The van der Waals surface area contributed by atoms with Crippen molar-refractivity contribution in [1.29, 1.82) is 0 Å². The highest BCUT2D eigenvalue weighted by molar-refractivity contribution is 6.30. The van der Waals surface area contributed by atoms with Gasteiger partial charge in [-0.15, -0.1) is 0 Å². The van der Waals surface area contributed by atoms with E-state index < -0.39 is 6.04 Å². The van der Waals surface area contributed by atoms with Crippen molar-refractivity contribution in [3.63, 3.8) is 0 Å². The Bertz CT molecular complexity index is 853. The molecular weight excluding hydrogens is 412 g/mol. The number of ether oxygens (including phenoxy) is 1. The fourth-order valence-electron chi connectivity index (χ4n) is 3.88. The molecule has 0 aromatic heterocycles. The number of hydrogen-bond donors (Lipinski definition) is 1. The highest BCUT2D eigenvalue weighted by Gasteiger charge is 2.28. The van der Waals surface area contributed by atoms with Gasteiger partial charge < -0.3 is 15.0 Å². The topological polar surface area (TPSA) is 58.6 Å². The van der Waals surface area contributed by atoms with Crippen LogP contribution in [0.3, 0.4) is 0 Å². The lowest BCUT2D eigenvalue weighted by Gasteiger charge is -2.30. The highest BCUT2D eigenvalue weighted by Crippen LogP contribution is 2.19. The highest BCUT2D eigenvalue weighted by atomic mass is 35.5. The molecule has 3 rings (SSSR count). The Morgan fingerprint density at radius 3 is 2.58 bits per heavy atom. The minimum Gasteiger partial charge on any atom is -0.494 e. The van der Waals surface area contributed by atoms with Gasteiger partial charge >= 0.3 is 0 Å². The van der Waals surface area contributed by atoms with Gasteiger partial charge in [-0.2, -0.15) is 0 Å². The van der Waals surface area contributed by atoms with Crippen LogP contribution in [0.15, 0.2) is 54.6 Å². The number of rotatable bonds is 10. The quantitative estimate of drug-likeness (QED) is 0.528. The lowest BCUT2D eigenvalue weighted by Crippen LogP contribution is -2.49. The second-order valence-corrected chi connectivity index (χ2v) is 8.52. The first-order chi connectivity index (χ1) is 15.0. The van der Waals surface area contributed by atoms with Gasteiger partial charge in [0.25, 0.3) is 0 Å². The minimum atomic E-state index is -0.554. The Balaban J connectivity index is 1.60. The van der Waals surface area contributed by atoms with Crippen LogP contribution in [-0.4, -0.2) is 35.4 Å². The molecule has 0 bridgehead atoms. The van der Waals surface area contributed by atoms with E-state index in [1.165, 1.54) is 0 Å². The van der Waals surface area contributed by atoms with Gasteiger partial charge in [0.15, 0.2) is 0 Å². The molecule has 0 aliphatic heterocycles. The molecule has 1 aliphatic rings. The molecule has 166 valence electrons. The summed E-state index contributed by atoms with van der Waals surface area (Å²) in [7, 11) is 0. The smallest absolute Gasteiger partial charge is 0.242 e. The summed E-state index contributed by atoms with van der Waals surface area (Å²) in [4.78, 5) is 27.6. The second-order valence-electron chi connectivity index (χ2n) is 8.08. The summed E-state index contributed by atoms with van der Waals surface area (Å²) in [5.74, 6) is 0.628. The molecule has 0 heterocycles. The molecule has 0 radical (unpaired) electrons. The number of para-hydroxylation sites is 1. The van der Waals surface area contributed by atoms with E-state index in [2.05, 4.69) is 5.32 Å². The van der Waals surface area contributed by atoms with Crippen LogP contribution in [0.25, 0.3) is 0 Å². The number of carbonyl (C=O) groups is 2. The Hall–Kier alpha value is -2.53. The predicted molar refractivity (Wildman–Crippen MR) is 123 cm³/mol. The number of nitrogens with one attached hydrogen (secondary N) is 1. The van der Waals surface area contributed by atoms with E-state index in [-0.39, 0.29) is 17.9 Å². The fraction of sp³-hybridized carbons (Fsp3) is 0.440. The van der Waals surface area contributed by atoms with E-state index in [0.717, 1.165) is 37.0 Å². The van der Waals surface area contributed by atoms with Crippen molar-refractivity contribution in [2.75, 3.05) is 6.61 Å². The van der Waals surface area contributed by atoms with Gasteiger partial charge in [0, 0.05) is 24.0 Å². The lowest BCUT2D eigenvalue weighted by atomic mass is 10.1. The second kappa shape index (κ2) is 11.8. The van der Waals surface area contributed by atoms with Gasteiger partial charge in [0.1, 0.15) is 11.8 Å². The monoisotopic (exact) mass is 442 g/mol. The van der Waals surface area contributed by atoms with Gasteiger partial charge in [-0.05, 0) is 56.0 Å². The van der Waals surface area contributed by atoms with Crippen LogP contribution in [0, 0.1) is 0 Å². The number of benzene rings is 2. The average molecular weight is 443 g/mol. The van der Waals surface area contributed by atoms with Crippen LogP contribution >= 0.6 is 11.6 Å². The summed E-state index contributed by atoms with van der Waals surface area (Å²) in [5.41, 5.74) is 0.905. The first-order valence-corrected chi connectivity index (χ1v) is 11.4. The third-order valence-electron chi connectivity index (χ3n) is 5.66. The van der Waals surface area contributed by atoms with Crippen LogP contribution in [0.1, 0.15) is 51.0 Å². The fourth-order valence-corrected chi connectivity index (χ4v) is 4.09. The van der Waals surface area contributed by atoms with Crippen molar-refractivity contribution in [2.45, 2.75) is 64.1 Å². The molecule has 2 amide bonds. The summed E-state index contributed by atoms with van der Waals surface area (Å²) in [5, 5.41) is 3.73. The molecule has 5 nitrogen and oxygen atoms in total. The van der Waals surface area contributed by atoms with Crippen LogP contribution in [-0.2, 0) is 16.1 Å². The molecule has 2 aromatic carbocycles.